The first-order chi connectivity index (χ1) is 11.0. The second-order valence-electron chi connectivity index (χ2n) is 5.59. The third-order valence-corrected chi connectivity index (χ3v) is 5.29. The summed E-state index contributed by atoms with van der Waals surface area (Å²) in [4.78, 5) is 26.0. The minimum absolute atomic E-state index is 0.302. The largest absolute Gasteiger partial charge is 0.324 e. The number of anilines is 2. The van der Waals surface area contributed by atoms with Crippen molar-refractivity contribution in [2.75, 3.05) is 10.6 Å². The molecule has 3 rings (SSSR count). The van der Waals surface area contributed by atoms with Gasteiger partial charge in [0.05, 0.1) is 5.69 Å². The van der Waals surface area contributed by atoms with Crippen LogP contribution in [0.25, 0.3) is 0 Å². The van der Waals surface area contributed by atoms with Crippen molar-refractivity contribution in [3.63, 3.8) is 0 Å². The summed E-state index contributed by atoms with van der Waals surface area (Å²) in [7, 11) is 0. The molecule has 1 aliphatic rings. The van der Waals surface area contributed by atoms with Gasteiger partial charge in [0, 0.05) is 10.6 Å². The average molecular weight is 326 g/mol. The molecule has 0 fully saturated rings. The standard InChI is InChI=1S/C18H18N2O2S/c1-3-12-8-10-13(11-9-12)19-16(21)18(2)17(22)20-14-6-4-5-7-15(14)23-18/h4-11H,3H2,1-2H3,(H,19,21)(H,20,22). The van der Waals surface area contributed by atoms with Gasteiger partial charge >= 0.3 is 0 Å². The van der Waals surface area contributed by atoms with E-state index in [2.05, 4.69) is 17.6 Å². The molecule has 118 valence electrons. The van der Waals surface area contributed by atoms with Crippen molar-refractivity contribution >= 4 is 35.0 Å². The van der Waals surface area contributed by atoms with Crippen LogP contribution in [0, 0.1) is 0 Å². The molecule has 5 heteroatoms. The number of thioether (sulfide) groups is 1. The van der Waals surface area contributed by atoms with Crippen molar-refractivity contribution in [3.8, 4) is 0 Å². The Balaban J connectivity index is 1.81. The van der Waals surface area contributed by atoms with E-state index in [1.54, 1.807) is 6.92 Å². The van der Waals surface area contributed by atoms with Crippen LogP contribution in [-0.2, 0) is 16.0 Å². The van der Waals surface area contributed by atoms with Gasteiger partial charge in [0.1, 0.15) is 0 Å². The van der Waals surface area contributed by atoms with E-state index in [1.165, 1.54) is 17.3 Å². The lowest BCUT2D eigenvalue weighted by Gasteiger charge is -2.31. The maximum atomic E-state index is 12.7. The van der Waals surface area contributed by atoms with Crippen LogP contribution in [-0.4, -0.2) is 16.6 Å². The average Bonchev–Trinajstić information content (AvgIpc) is 2.56. The van der Waals surface area contributed by atoms with Crippen LogP contribution in [0.4, 0.5) is 11.4 Å². The molecular formula is C18H18N2O2S. The molecular weight excluding hydrogens is 308 g/mol. The summed E-state index contributed by atoms with van der Waals surface area (Å²) in [5.41, 5.74) is 2.65. The van der Waals surface area contributed by atoms with Gasteiger partial charge in [-0.3, -0.25) is 9.59 Å². The summed E-state index contributed by atoms with van der Waals surface area (Å²) < 4.78 is -1.20. The number of fused-ring (bicyclic) bond motifs is 1. The first-order valence-electron chi connectivity index (χ1n) is 7.53. The number of carbonyl (C=O) groups excluding carboxylic acids is 2. The van der Waals surface area contributed by atoms with Gasteiger partial charge in [-0.1, -0.05) is 43.0 Å². The topological polar surface area (TPSA) is 58.2 Å². The van der Waals surface area contributed by atoms with Gasteiger partial charge in [-0.25, -0.2) is 0 Å². The van der Waals surface area contributed by atoms with Gasteiger partial charge in [0.2, 0.25) is 11.8 Å². The number of nitrogens with one attached hydrogen (secondary N) is 2. The summed E-state index contributed by atoms with van der Waals surface area (Å²) in [6.45, 7) is 3.73. The lowest BCUT2D eigenvalue weighted by molar-refractivity contribution is -0.126. The lowest BCUT2D eigenvalue weighted by atomic mass is 10.1. The summed E-state index contributed by atoms with van der Waals surface area (Å²) in [5, 5.41) is 5.66. The molecule has 1 aliphatic heterocycles. The molecule has 0 radical (unpaired) electrons. The summed E-state index contributed by atoms with van der Waals surface area (Å²) in [5.74, 6) is -0.623. The molecule has 1 unspecified atom stereocenters. The number of para-hydroxylation sites is 1. The number of carbonyl (C=O) groups is 2. The third-order valence-electron chi connectivity index (χ3n) is 3.94. The lowest BCUT2D eigenvalue weighted by Crippen LogP contribution is -2.49. The highest BCUT2D eigenvalue weighted by Crippen LogP contribution is 2.42. The molecule has 2 aromatic rings. The van der Waals surface area contributed by atoms with Crippen molar-refractivity contribution in [2.24, 2.45) is 0 Å². The fourth-order valence-electron chi connectivity index (χ4n) is 2.39. The second kappa shape index (κ2) is 6.08. The van der Waals surface area contributed by atoms with Crippen molar-refractivity contribution < 1.29 is 9.59 Å². The Morgan fingerprint density at radius 2 is 1.87 bits per heavy atom. The van der Waals surface area contributed by atoms with Gasteiger partial charge in [0.15, 0.2) is 4.75 Å². The molecule has 0 saturated carbocycles. The van der Waals surface area contributed by atoms with Crippen LogP contribution in [0.1, 0.15) is 19.4 Å². The van der Waals surface area contributed by atoms with Crippen LogP contribution in [0.3, 0.4) is 0 Å². The van der Waals surface area contributed by atoms with E-state index in [9.17, 15) is 9.59 Å². The minimum Gasteiger partial charge on any atom is -0.324 e. The van der Waals surface area contributed by atoms with Crippen LogP contribution in [0.2, 0.25) is 0 Å². The molecule has 0 saturated heterocycles. The van der Waals surface area contributed by atoms with Gasteiger partial charge < -0.3 is 10.6 Å². The minimum atomic E-state index is -1.20. The van der Waals surface area contributed by atoms with Crippen LogP contribution in [0.5, 0.6) is 0 Å². The molecule has 4 nitrogen and oxygen atoms in total. The van der Waals surface area contributed by atoms with Crippen molar-refractivity contribution in [2.45, 2.75) is 29.9 Å². The highest BCUT2D eigenvalue weighted by Gasteiger charge is 2.45. The molecule has 1 heterocycles. The van der Waals surface area contributed by atoms with Gasteiger partial charge in [0.25, 0.3) is 0 Å². The molecule has 2 aromatic carbocycles. The van der Waals surface area contributed by atoms with E-state index >= 15 is 0 Å². The van der Waals surface area contributed by atoms with E-state index < -0.39 is 4.75 Å². The van der Waals surface area contributed by atoms with E-state index in [0.29, 0.717) is 5.69 Å². The van der Waals surface area contributed by atoms with Crippen LogP contribution in [0.15, 0.2) is 53.4 Å². The molecule has 1 atom stereocenters. The Hall–Kier alpha value is -2.27. The quantitative estimate of drug-likeness (QED) is 0.846. The summed E-state index contributed by atoms with van der Waals surface area (Å²) in [6, 6.07) is 15.2. The first-order valence-corrected chi connectivity index (χ1v) is 8.34. The highest BCUT2D eigenvalue weighted by atomic mass is 32.2. The Morgan fingerprint density at radius 3 is 2.57 bits per heavy atom. The van der Waals surface area contributed by atoms with Crippen LogP contribution < -0.4 is 10.6 Å². The zero-order valence-corrected chi connectivity index (χ0v) is 13.9. The second-order valence-corrected chi connectivity index (χ2v) is 7.05. The summed E-state index contributed by atoms with van der Waals surface area (Å²) in [6.07, 6.45) is 0.945. The van der Waals surface area contributed by atoms with Crippen LogP contribution >= 0.6 is 11.8 Å². The number of amides is 2. The maximum absolute atomic E-state index is 12.7. The van der Waals surface area contributed by atoms with Gasteiger partial charge in [-0.15, -0.1) is 0 Å². The number of benzene rings is 2. The van der Waals surface area contributed by atoms with E-state index in [0.717, 1.165) is 17.0 Å². The molecule has 2 N–H and O–H groups in total. The summed E-state index contributed by atoms with van der Waals surface area (Å²) >= 11 is 1.28. The number of rotatable bonds is 3. The highest BCUT2D eigenvalue weighted by molar-refractivity contribution is 8.02. The molecule has 2 amide bonds. The Bertz CT molecular complexity index is 758. The number of hydrogen-bond donors (Lipinski definition) is 2. The fourth-order valence-corrected chi connectivity index (χ4v) is 3.49. The predicted molar refractivity (Wildman–Crippen MR) is 93.8 cm³/mol. The van der Waals surface area contributed by atoms with E-state index in [1.807, 2.05) is 48.5 Å². The Labute approximate surface area is 139 Å². The number of aryl methyl sites for hydroxylation is 1. The molecule has 0 spiro atoms. The Morgan fingerprint density at radius 1 is 1.17 bits per heavy atom. The van der Waals surface area contributed by atoms with Crippen molar-refractivity contribution in [1.82, 2.24) is 0 Å². The zero-order chi connectivity index (χ0) is 16.4. The first kappa shape index (κ1) is 15.6. The molecule has 23 heavy (non-hydrogen) atoms. The molecule has 0 aromatic heterocycles. The van der Waals surface area contributed by atoms with Crippen molar-refractivity contribution in [3.05, 3.63) is 54.1 Å². The normalized spacial score (nSPS) is 19.7. The van der Waals surface area contributed by atoms with Gasteiger partial charge in [-0.05, 0) is 43.2 Å². The molecule has 0 aliphatic carbocycles. The Kier molecular flexibility index (Phi) is 4.13. The third kappa shape index (κ3) is 2.97. The van der Waals surface area contributed by atoms with Gasteiger partial charge in [-0.2, -0.15) is 0 Å². The smallest absolute Gasteiger partial charge is 0.250 e. The zero-order valence-electron chi connectivity index (χ0n) is 13.1. The van der Waals surface area contributed by atoms with E-state index in [4.69, 9.17) is 0 Å². The number of hydrogen-bond acceptors (Lipinski definition) is 3. The maximum Gasteiger partial charge on any atom is 0.250 e. The monoisotopic (exact) mass is 326 g/mol. The van der Waals surface area contributed by atoms with E-state index in [-0.39, 0.29) is 11.8 Å². The fraction of sp³-hybridized carbons (Fsp3) is 0.222. The predicted octanol–water partition coefficient (Wildman–Crippen LogP) is 3.69. The van der Waals surface area contributed by atoms with Crippen molar-refractivity contribution in [1.29, 1.82) is 0 Å². The molecule has 0 bridgehead atoms. The SMILES string of the molecule is CCc1ccc(NC(=O)C2(C)Sc3ccccc3NC2=O)cc1.